The lowest BCUT2D eigenvalue weighted by atomic mass is 10.1. The van der Waals surface area contributed by atoms with Gasteiger partial charge in [-0.3, -0.25) is 10.1 Å². The summed E-state index contributed by atoms with van der Waals surface area (Å²) in [5.41, 5.74) is 0.519. The van der Waals surface area contributed by atoms with Crippen LogP contribution in [0.15, 0.2) is 35.2 Å². The maximum atomic E-state index is 12.7. The van der Waals surface area contributed by atoms with Crippen molar-refractivity contribution in [2.24, 2.45) is 0 Å². The Kier molecular flexibility index (Phi) is 5.27. The fourth-order valence-electron chi connectivity index (χ4n) is 2.68. The molecule has 27 heavy (non-hydrogen) atoms. The molecule has 0 spiro atoms. The average Bonchev–Trinajstić information content (AvgIpc) is 2.62. The Morgan fingerprint density at radius 2 is 1.85 bits per heavy atom. The van der Waals surface area contributed by atoms with Crippen molar-refractivity contribution in [2.45, 2.75) is 24.8 Å². The van der Waals surface area contributed by atoms with Crippen molar-refractivity contribution in [3.63, 3.8) is 0 Å². The summed E-state index contributed by atoms with van der Waals surface area (Å²) in [5.74, 6) is 1.14. The molecule has 1 aliphatic heterocycles. The number of benzene rings is 2. The van der Waals surface area contributed by atoms with E-state index in [1.165, 1.54) is 13.0 Å². The van der Waals surface area contributed by atoms with Gasteiger partial charge in [0.2, 0.25) is 10.0 Å². The Hall–Kier alpha value is -2.36. The van der Waals surface area contributed by atoms with E-state index in [2.05, 4.69) is 4.72 Å². The normalized spacial score (nSPS) is 14.6. The van der Waals surface area contributed by atoms with E-state index in [0.717, 1.165) is 6.07 Å². The molecule has 144 valence electrons. The molecule has 1 atom stereocenters. The molecule has 1 aliphatic rings. The first-order valence-corrected chi connectivity index (χ1v) is 9.91. The molecule has 0 fully saturated rings. The third-order valence-electron chi connectivity index (χ3n) is 4.20. The summed E-state index contributed by atoms with van der Waals surface area (Å²) in [6.45, 7) is 4.00. The summed E-state index contributed by atoms with van der Waals surface area (Å²) in [4.78, 5) is 10.2. The summed E-state index contributed by atoms with van der Waals surface area (Å²) in [6.07, 6.45) is 0. The molecule has 0 bridgehead atoms. The second-order valence-electron chi connectivity index (χ2n) is 6.05. The molecular formula is C17H17ClN2O6S. The van der Waals surface area contributed by atoms with Gasteiger partial charge in [0.1, 0.15) is 13.2 Å². The van der Waals surface area contributed by atoms with Crippen LogP contribution < -0.4 is 14.2 Å². The smallest absolute Gasteiger partial charge is 0.275 e. The minimum Gasteiger partial charge on any atom is -0.486 e. The maximum absolute atomic E-state index is 12.7. The predicted octanol–water partition coefficient (Wildman–Crippen LogP) is 3.37. The Balaban J connectivity index is 1.89. The molecule has 0 amide bonds. The van der Waals surface area contributed by atoms with Gasteiger partial charge in [-0.15, -0.1) is 0 Å². The largest absolute Gasteiger partial charge is 0.486 e. The Bertz CT molecular complexity index is 1010. The number of nitro groups is 1. The number of sulfonamides is 1. The van der Waals surface area contributed by atoms with E-state index in [9.17, 15) is 18.5 Å². The highest BCUT2D eigenvalue weighted by molar-refractivity contribution is 7.89. The first-order chi connectivity index (χ1) is 12.7. The van der Waals surface area contributed by atoms with Crippen molar-refractivity contribution in [1.29, 1.82) is 0 Å². The molecule has 0 saturated carbocycles. The quantitative estimate of drug-likeness (QED) is 0.595. The zero-order chi connectivity index (χ0) is 19.8. The maximum Gasteiger partial charge on any atom is 0.275 e. The van der Waals surface area contributed by atoms with Gasteiger partial charge in [0, 0.05) is 17.7 Å². The lowest BCUT2D eigenvalue weighted by molar-refractivity contribution is -0.385. The summed E-state index contributed by atoms with van der Waals surface area (Å²) in [6, 6.07) is 6.73. The van der Waals surface area contributed by atoms with Crippen LogP contribution in [0.1, 0.15) is 24.1 Å². The zero-order valence-electron chi connectivity index (χ0n) is 14.6. The summed E-state index contributed by atoms with van der Waals surface area (Å²) in [7, 11) is -4.04. The molecule has 10 heteroatoms. The fraction of sp³-hybridized carbons (Fsp3) is 0.294. The highest BCUT2D eigenvalue weighted by atomic mass is 35.5. The molecule has 0 saturated heterocycles. The van der Waals surface area contributed by atoms with E-state index in [0.29, 0.717) is 30.3 Å². The lowest BCUT2D eigenvalue weighted by Gasteiger charge is -2.21. The van der Waals surface area contributed by atoms with Gasteiger partial charge in [0.05, 0.1) is 14.8 Å². The van der Waals surface area contributed by atoms with Crippen molar-refractivity contribution in [1.82, 2.24) is 4.72 Å². The highest BCUT2D eigenvalue weighted by Crippen LogP contribution is 2.34. The number of halogens is 1. The fourth-order valence-corrected chi connectivity index (χ4v) is 4.24. The van der Waals surface area contributed by atoms with Crippen molar-refractivity contribution < 1.29 is 22.8 Å². The van der Waals surface area contributed by atoms with Gasteiger partial charge in [-0.25, -0.2) is 13.1 Å². The molecular weight excluding hydrogens is 396 g/mol. The Labute approximate surface area is 161 Å². The molecule has 2 aromatic carbocycles. The van der Waals surface area contributed by atoms with Gasteiger partial charge in [-0.05, 0) is 37.6 Å². The lowest BCUT2D eigenvalue weighted by Crippen LogP contribution is -2.27. The molecule has 3 rings (SSSR count). The molecule has 2 aromatic rings. The van der Waals surface area contributed by atoms with Gasteiger partial charge in [-0.1, -0.05) is 17.7 Å². The monoisotopic (exact) mass is 412 g/mol. The Morgan fingerprint density at radius 3 is 2.52 bits per heavy atom. The number of fused-ring (bicyclic) bond motifs is 1. The number of hydrogen-bond acceptors (Lipinski definition) is 6. The van der Waals surface area contributed by atoms with E-state index in [1.807, 2.05) is 0 Å². The second-order valence-corrected chi connectivity index (χ2v) is 8.17. The topological polar surface area (TPSA) is 108 Å². The van der Waals surface area contributed by atoms with Gasteiger partial charge < -0.3 is 9.47 Å². The molecule has 1 heterocycles. The zero-order valence-corrected chi connectivity index (χ0v) is 16.1. The van der Waals surface area contributed by atoms with Crippen LogP contribution in [0.3, 0.4) is 0 Å². The van der Waals surface area contributed by atoms with Crippen molar-refractivity contribution >= 4 is 27.3 Å². The molecule has 0 radical (unpaired) electrons. The van der Waals surface area contributed by atoms with Gasteiger partial charge >= 0.3 is 0 Å². The molecule has 1 N–H and O–H groups in total. The van der Waals surface area contributed by atoms with E-state index in [1.54, 1.807) is 25.1 Å². The molecule has 0 aromatic heterocycles. The second kappa shape index (κ2) is 7.34. The van der Waals surface area contributed by atoms with Gasteiger partial charge in [0.15, 0.2) is 11.5 Å². The van der Waals surface area contributed by atoms with E-state index < -0.39 is 21.0 Å². The van der Waals surface area contributed by atoms with E-state index in [-0.39, 0.29) is 21.2 Å². The van der Waals surface area contributed by atoms with E-state index >= 15 is 0 Å². The van der Waals surface area contributed by atoms with Crippen LogP contribution in [0, 0.1) is 17.0 Å². The number of hydrogen-bond donors (Lipinski definition) is 1. The van der Waals surface area contributed by atoms with Crippen LogP contribution in [0.2, 0.25) is 5.02 Å². The SMILES string of the molecule is Cc1c(Cl)cc(S(=O)(=O)N[C@@H](C)c2ccc3c(c2)OCCO3)cc1[N+](=O)[O-]. The van der Waals surface area contributed by atoms with Crippen LogP contribution in [-0.2, 0) is 10.0 Å². The van der Waals surface area contributed by atoms with Crippen molar-refractivity contribution in [3.8, 4) is 11.5 Å². The molecule has 8 nitrogen and oxygen atoms in total. The third kappa shape index (κ3) is 4.00. The first-order valence-electron chi connectivity index (χ1n) is 8.05. The third-order valence-corrected chi connectivity index (χ3v) is 6.11. The minimum atomic E-state index is -4.04. The molecule has 0 aliphatic carbocycles. The van der Waals surface area contributed by atoms with Crippen LogP contribution in [0.4, 0.5) is 5.69 Å². The number of nitro benzene ring substituents is 1. The predicted molar refractivity (Wildman–Crippen MR) is 99.0 cm³/mol. The van der Waals surface area contributed by atoms with Crippen LogP contribution in [0.5, 0.6) is 11.5 Å². The van der Waals surface area contributed by atoms with Crippen LogP contribution in [0.25, 0.3) is 0 Å². The van der Waals surface area contributed by atoms with Gasteiger partial charge in [0.25, 0.3) is 5.69 Å². The first kappa shape index (κ1) is 19.4. The highest BCUT2D eigenvalue weighted by Gasteiger charge is 2.25. The minimum absolute atomic E-state index is 0.0107. The number of ether oxygens (including phenoxy) is 2. The summed E-state index contributed by atoms with van der Waals surface area (Å²) in [5, 5.41) is 11.1. The number of nitrogens with zero attached hydrogens (tertiary/aromatic N) is 1. The number of nitrogens with one attached hydrogen (secondary N) is 1. The summed E-state index contributed by atoms with van der Waals surface area (Å²) < 4.78 is 38.8. The summed E-state index contributed by atoms with van der Waals surface area (Å²) >= 11 is 5.97. The standard InChI is InChI=1S/C17H17ClN2O6S/c1-10-14(18)8-13(9-15(10)20(21)22)27(23,24)19-11(2)12-3-4-16-17(7-12)26-6-5-25-16/h3-4,7-9,11,19H,5-6H2,1-2H3/t11-/m0/s1. The van der Waals surface area contributed by atoms with Crippen molar-refractivity contribution in [2.75, 3.05) is 13.2 Å². The van der Waals surface area contributed by atoms with E-state index in [4.69, 9.17) is 21.1 Å². The average molecular weight is 413 g/mol. The van der Waals surface area contributed by atoms with Gasteiger partial charge in [-0.2, -0.15) is 0 Å². The van der Waals surface area contributed by atoms with Crippen LogP contribution >= 0.6 is 11.6 Å². The molecule has 0 unspecified atom stereocenters. The van der Waals surface area contributed by atoms with Crippen LogP contribution in [-0.4, -0.2) is 26.6 Å². The van der Waals surface area contributed by atoms with Crippen molar-refractivity contribution in [3.05, 3.63) is 56.6 Å². The number of rotatable bonds is 5. The Morgan fingerprint density at radius 1 is 1.19 bits per heavy atom.